The molecule has 2 N–H and O–H groups in total. The van der Waals surface area contributed by atoms with Gasteiger partial charge in [-0.15, -0.1) is 0 Å². The molecule has 0 amide bonds. The molecule has 136 valence electrons. The van der Waals surface area contributed by atoms with E-state index in [4.69, 9.17) is 9.73 Å². The van der Waals surface area contributed by atoms with Gasteiger partial charge in [-0.05, 0) is 38.5 Å². The molecule has 1 heterocycles. The summed E-state index contributed by atoms with van der Waals surface area (Å²) in [5.74, 6) is 0.893. The van der Waals surface area contributed by atoms with Crippen molar-refractivity contribution >= 4 is 5.96 Å². The first-order valence-electron chi connectivity index (χ1n) is 9.25. The highest BCUT2D eigenvalue weighted by Gasteiger charge is 2.33. The predicted octanol–water partition coefficient (Wildman–Crippen LogP) is 2.46. The fourth-order valence-corrected chi connectivity index (χ4v) is 3.41. The predicted molar refractivity (Wildman–Crippen MR) is 98.0 cm³/mol. The quantitative estimate of drug-likeness (QED) is 0.413. The van der Waals surface area contributed by atoms with E-state index in [1.54, 1.807) is 0 Å². The van der Waals surface area contributed by atoms with Crippen LogP contribution in [0.3, 0.4) is 0 Å². The van der Waals surface area contributed by atoms with E-state index in [0.29, 0.717) is 12.0 Å². The zero-order valence-corrected chi connectivity index (χ0v) is 15.5. The fourth-order valence-electron chi connectivity index (χ4n) is 3.41. The third-order valence-corrected chi connectivity index (χ3v) is 4.80. The molecular weight excluding hydrogens is 302 g/mol. The Kier molecular flexibility index (Phi) is 7.56. The van der Waals surface area contributed by atoms with Crippen molar-refractivity contribution in [1.82, 2.24) is 20.4 Å². The van der Waals surface area contributed by atoms with Crippen molar-refractivity contribution in [1.29, 1.82) is 0 Å². The van der Waals surface area contributed by atoms with Crippen LogP contribution in [0.25, 0.3) is 0 Å². The molecule has 2 rings (SSSR count). The molecule has 0 spiro atoms. The lowest BCUT2D eigenvalue weighted by Gasteiger charge is -2.30. The van der Waals surface area contributed by atoms with Crippen LogP contribution < -0.4 is 10.6 Å². The second kappa shape index (κ2) is 9.67. The third kappa shape index (κ3) is 5.82. The summed E-state index contributed by atoms with van der Waals surface area (Å²) in [6, 6.07) is 0. The van der Waals surface area contributed by atoms with Gasteiger partial charge in [0, 0.05) is 45.1 Å². The maximum absolute atomic E-state index is 5.60. The number of rotatable bonds is 9. The molecular formula is C18H33N5O. The molecule has 6 nitrogen and oxygen atoms in total. The van der Waals surface area contributed by atoms with E-state index in [1.165, 1.54) is 25.7 Å². The van der Waals surface area contributed by atoms with Crippen LogP contribution in [-0.4, -0.2) is 42.0 Å². The van der Waals surface area contributed by atoms with Gasteiger partial charge in [-0.1, -0.05) is 12.8 Å². The number of guanidine groups is 1. The number of hydrogen-bond donors (Lipinski definition) is 2. The van der Waals surface area contributed by atoms with Crippen LogP contribution in [0.1, 0.15) is 51.5 Å². The van der Waals surface area contributed by atoms with Gasteiger partial charge in [-0.3, -0.25) is 4.68 Å². The minimum absolute atomic E-state index is 0.361. The van der Waals surface area contributed by atoms with Crippen LogP contribution in [0.4, 0.5) is 0 Å². The van der Waals surface area contributed by atoms with Crippen LogP contribution in [-0.2, 0) is 18.3 Å². The summed E-state index contributed by atoms with van der Waals surface area (Å²) in [4.78, 5) is 4.70. The molecule has 0 radical (unpaired) electrons. The highest BCUT2D eigenvalue weighted by molar-refractivity contribution is 5.79. The molecule has 1 aromatic heterocycles. The summed E-state index contributed by atoms with van der Waals surface area (Å²) in [6.45, 7) is 8.31. The number of aromatic nitrogens is 2. The fraction of sp³-hybridized carbons (Fsp3) is 0.778. The van der Waals surface area contributed by atoms with E-state index in [9.17, 15) is 0 Å². The summed E-state index contributed by atoms with van der Waals surface area (Å²) >= 11 is 0. The maximum Gasteiger partial charge on any atom is 0.191 e. The van der Waals surface area contributed by atoms with Crippen LogP contribution in [0.2, 0.25) is 0 Å². The first-order chi connectivity index (χ1) is 11.7. The SMILES string of the molecule is CCNC(=NCc1cnn(C)c1)NCC1(CCOCC)CCCC1. The lowest BCUT2D eigenvalue weighted by molar-refractivity contribution is 0.105. The van der Waals surface area contributed by atoms with Crippen molar-refractivity contribution in [2.75, 3.05) is 26.3 Å². The molecule has 1 aromatic rings. The molecule has 1 aliphatic rings. The van der Waals surface area contributed by atoms with Crippen molar-refractivity contribution in [2.24, 2.45) is 17.5 Å². The van der Waals surface area contributed by atoms with Gasteiger partial charge in [0.1, 0.15) is 0 Å². The Bertz CT molecular complexity index is 505. The van der Waals surface area contributed by atoms with E-state index in [-0.39, 0.29) is 0 Å². The number of aliphatic imine (C=N–C) groups is 1. The minimum Gasteiger partial charge on any atom is -0.382 e. The Morgan fingerprint density at radius 2 is 2.12 bits per heavy atom. The Hall–Kier alpha value is -1.56. The van der Waals surface area contributed by atoms with Gasteiger partial charge < -0.3 is 15.4 Å². The molecule has 0 aliphatic heterocycles. The summed E-state index contributed by atoms with van der Waals surface area (Å²) in [5.41, 5.74) is 1.49. The summed E-state index contributed by atoms with van der Waals surface area (Å²) in [6.07, 6.45) is 10.2. The number of nitrogens with zero attached hydrogens (tertiary/aromatic N) is 3. The normalized spacial score (nSPS) is 17.2. The molecule has 0 saturated heterocycles. The van der Waals surface area contributed by atoms with Gasteiger partial charge in [-0.2, -0.15) is 5.10 Å². The van der Waals surface area contributed by atoms with Crippen molar-refractivity contribution in [3.05, 3.63) is 18.0 Å². The molecule has 1 aliphatic carbocycles. The Morgan fingerprint density at radius 1 is 1.33 bits per heavy atom. The molecule has 0 unspecified atom stereocenters. The van der Waals surface area contributed by atoms with Gasteiger partial charge in [0.25, 0.3) is 0 Å². The van der Waals surface area contributed by atoms with Crippen LogP contribution >= 0.6 is 0 Å². The maximum atomic E-state index is 5.60. The second-order valence-corrected chi connectivity index (χ2v) is 6.73. The van der Waals surface area contributed by atoms with Crippen molar-refractivity contribution < 1.29 is 4.74 Å². The van der Waals surface area contributed by atoms with E-state index in [1.807, 2.05) is 24.1 Å². The van der Waals surface area contributed by atoms with Gasteiger partial charge in [0.2, 0.25) is 0 Å². The average molecular weight is 335 g/mol. The molecule has 0 atom stereocenters. The smallest absolute Gasteiger partial charge is 0.191 e. The van der Waals surface area contributed by atoms with E-state index in [0.717, 1.165) is 44.2 Å². The number of nitrogens with one attached hydrogen (secondary N) is 2. The second-order valence-electron chi connectivity index (χ2n) is 6.73. The highest BCUT2D eigenvalue weighted by Crippen LogP contribution is 2.40. The third-order valence-electron chi connectivity index (χ3n) is 4.80. The average Bonchev–Trinajstić information content (AvgIpc) is 3.20. The van der Waals surface area contributed by atoms with Crippen molar-refractivity contribution in [3.63, 3.8) is 0 Å². The van der Waals surface area contributed by atoms with Gasteiger partial charge >= 0.3 is 0 Å². The zero-order valence-electron chi connectivity index (χ0n) is 15.5. The number of ether oxygens (including phenoxy) is 1. The van der Waals surface area contributed by atoms with Gasteiger partial charge in [-0.25, -0.2) is 4.99 Å². The Labute approximate surface area is 146 Å². The molecule has 1 fully saturated rings. The lowest BCUT2D eigenvalue weighted by atomic mass is 9.83. The van der Waals surface area contributed by atoms with E-state index < -0.39 is 0 Å². The Balaban J connectivity index is 1.90. The lowest BCUT2D eigenvalue weighted by Crippen LogP contribution is -2.43. The first-order valence-corrected chi connectivity index (χ1v) is 9.25. The van der Waals surface area contributed by atoms with Gasteiger partial charge in [0.15, 0.2) is 5.96 Å². The molecule has 6 heteroatoms. The topological polar surface area (TPSA) is 63.5 Å². The first kappa shape index (κ1) is 18.8. The van der Waals surface area contributed by atoms with E-state index >= 15 is 0 Å². The Morgan fingerprint density at radius 3 is 2.75 bits per heavy atom. The molecule has 24 heavy (non-hydrogen) atoms. The minimum atomic E-state index is 0.361. The summed E-state index contributed by atoms with van der Waals surface area (Å²) < 4.78 is 7.41. The standard InChI is InChI=1S/C18H33N5O/c1-4-19-17(20-12-16-13-22-23(3)14-16)21-15-18(8-6-7-9-18)10-11-24-5-2/h13-14H,4-12,15H2,1-3H3,(H2,19,20,21). The molecule has 1 saturated carbocycles. The summed E-state index contributed by atoms with van der Waals surface area (Å²) in [7, 11) is 1.93. The van der Waals surface area contributed by atoms with Crippen molar-refractivity contribution in [3.8, 4) is 0 Å². The van der Waals surface area contributed by atoms with Crippen LogP contribution in [0.5, 0.6) is 0 Å². The van der Waals surface area contributed by atoms with Crippen molar-refractivity contribution in [2.45, 2.75) is 52.5 Å². The zero-order chi connectivity index (χ0) is 17.3. The monoisotopic (exact) mass is 335 g/mol. The summed E-state index contributed by atoms with van der Waals surface area (Å²) in [5, 5.41) is 11.1. The molecule has 0 bridgehead atoms. The van der Waals surface area contributed by atoms with Crippen LogP contribution in [0.15, 0.2) is 17.4 Å². The number of aryl methyl sites for hydroxylation is 1. The largest absolute Gasteiger partial charge is 0.382 e. The number of hydrogen-bond acceptors (Lipinski definition) is 3. The van der Waals surface area contributed by atoms with Gasteiger partial charge in [0.05, 0.1) is 12.7 Å². The highest BCUT2D eigenvalue weighted by atomic mass is 16.5. The molecule has 0 aromatic carbocycles. The van der Waals surface area contributed by atoms with E-state index in [2.05, 4.69) is 29.6 Å². The van der Waals surface area contributed by atoms with Crippen LogP contribution in [0, 0.1) is 5.41 Å².